The number of hydrogen-bond donors (Lipinski definition) is 1. The number of nitrogens with zero attached hydrogens (tertiary/aromatic N) is 1. The summed E-state index contributed by atoms with van der Waals surface area (Å²) in [6.07, 6.45) is 1.76. The van der Waals surface area contributed by atoms with Gasteiger partial charge in [0.15, 0.2) is 0 Å². The normalized spacial score (nSPS) is 19.1. The molecule has 98 valence electrons. The number of amides is 1. The first-order valence-corrected chi connectivity index (χ1v) is 5.45. The fourth-order valence-corrected chi connectivity index (χ4v) is 1.59. The van der Waals surface area contributed by atoms with Crippen LogP contribution in [-0.4, -0.2) is 47.0 Å². The minimum Gasteiger partial charge on any atom is -0.444 e. The molecular formula is C11H19NO5. The summed E-state index contributed by atoms with van der Waals surface area (Å²) in [5.74, 6) is 0. The molecule has 1 aliphatic heterocycles. The molecule has 0 unspecified atom stereocenters. The van der Waals surface area contributed by atoms with E-state index in [1.165, 1.54) is 0 Å². The van der Waals surface area contributed by atoms with Crippen LogP contribution in [0.25, 0.3) is 0 Å². The second-order valence-electron chi connectivity index (χ2n) is 4.74. The number of likely N-dealkylation sites (tertiary alicyclic amines) is 1. The van der Waals surface area contributed by atoms with Gasteiger partial charge in [-0.25, -0.2) is 4.79 Å². The number of carbonyl (C=O) groups is 1. The van der Waals surface area contributed by atoms with E-state index in [4.69, 9.17) is 19.4 Å². The Balaban J connectivity index is 0.000000770. The SMILES string of the molecule is CC(C)(C)OC(=O)N1CCC[C@@H]1CO.O=C=O. The maximum atomic E-state index is 11.6. The van der Waals surface area contributed by atoms with E-state index in [1.807, 2.05) is 20.8 Å². The van der Waals surface area contributed by atoms with Gasteiger partial charge in [-0.3, -0.25) is 0 Å². The van der Waals surface area contributed by atoms with Crippen molar-refractivity contribution < 1.29 is 24.2 Å². The molecule has 0 spiro atoms. The van der Waals surface area contributed by atoms with Crippen LogP contribution in [0.3, 0.4) is 0 Å². The van der Waals surface area contributed by atoms with E-state index >= 15 is 0 Å². The Hall–Kier alpha value is -1.39. The van der Waals surface area contributed by atoms with Gasteiger partial charge >= 0.3 is 12.2 Å². The van der Waals surface area contributed by atoms with E-state index < -0.39 is 5.60 Å². The molecule has 0 aromatic carbocycles. The van der Waals surface area contributed by atoms with Crippen molar-refractivity contribution in [2.75, 3.05) is 13.2 Å². The first kappa shape index (κ1) is 15.6. The molecule has 0 aromatic heterocycles. The molecule has 6 heteroatoms. The first-order valence-electron chi connectivity index (χ1n) is 5.45. The summed E-state index contributed by atoms with van der Waals surface area (Å²) in [5, 5.41) is 9.03. The average molecular weight is 245 g/mol. The van der Waals surface area contributed by atoms with Gasteiger partial charge in [0.2, 0.25) is 0 Å². The van der Waals surface area contributed by atoms with E-state index in [0.29, 0.717) is 6.54 Å². The third kappa shape index (κ3) is 6.04. The molecular weight excluding hydrogens is 226 g/mol. The van der Waals surface area contributed by atoms with Crippen LogP contribution in [-0.2, 0) is 14.3 Å². The number of aliphatic hydroxyl groups excluding tert-OH is 1. The quantitative estimate of drug-likeness (QED) is 0.738. The van der Waals surface area contributed by atoms with Crippen molar-refractivity contribution in [3.8, 4) is 0 Å². The Kier molecular flexibility index (Phi) is 6.46. The number of hydrogen-bond acceptors (Lipinski definition) is 5. The van der Waals surface area contributed by atoms with Crippen molar-refractivity contribution in [2.24, 2.45) is 0 Å². The third-order valence-electron chi connectivity index (χ3n) is 2.22. The first-order chi connectivity index (χ1) is 7.85. The lowest BCUT2D eigenvalue weighted by Crippen LogP contribution is -2.41. The molecule has 0 radical (unpaired) electrons. The van der Waals surface area contributed by atoms with E-state index in [0.717, 1.165) is 12.8 Å². The second kappa shape index (κ2) is 7.04. The number of aliphatic hydroxyl groups is 1. The number of ether oxygens (including phenoxy) is 1. The molecule has 1 rings (SSSR count). The molecule has 0 bridgehead atoms. The minimum atomic E-state index is -0.459. The summed E-state index contributed by atoms with van der Waals surface area (Å²) in [6, 6.07) is -0.0511. The zero-order valence-electron chi connectivity index (χ0n) is 10.4. The maximum Gasteiger partial charge on any atom is 0.410 e. The van der Waals surface area contributed by atoms with Crippen LogP contribution in [0.2, 0.25) is 0 Å². The van der Waals surface area contributed by atoms with Crippen molar-refractivity contribution in [1.82, 2.24) is 4.90 Å². The van der Waals surface area contributed by atoms with Crippen LogP contribution in [0.15, 0.2) is 0 Å². The summed E-state index contributed by atoms with van der Waals surface area (Å²) in [7, 11) is 0. The van der Waals surface area contributed by atoms with Crippen molar-refractivity contribution in [2.45, 2.75) is 45.3 Å². The average Bonchev–Trinajstić information content (AvgIpc) is 2.63. The highest BCUT2D eigenvalue weighted by atomic mass is 16.6. The van der Waals surface area contributed by atoms with Crippen LogP contribution in [0.4, 0.5) is 4.79 Å². The van der Waals surface area contributed by atoms with Gasteiger partial charge in [-0.05, 0) is 33.6 Å². The van der Waals surface area contributed by atoms with Crippen LogP contribution in [0.1, 0.15) is 33.6 Å². The fraction of sp³-hybridized carbons (Fsp3) is 0.818. The maximum absolute atomic E-state index is 11.6. The Bertz CT molecular complexity index is 278. The summed E-state index contributed by atoms with van der Waals surface area (Å²) in [4.78, 5) is 29.5. The minimum absolute atomic E-state index is 0.0270. The standard InChI is InChI=1S/C10H19NO3.CO2/c1-10(2,3)14-9(13)11-6-4-5-8(11)7-12;2-1-3/h8,12H,4-7H2,1-3H3;/t8-;/m1./s1. The van der Waals surface area contributed by atoms with Gasteiger partial charge in [0.05, 0.1) is 12.6 Å². The molecule has 0 saturated carbocycles. The smallest absolute Gasteiger partial charge is 0.410 e. The van der Waals surface area contributed by atoms with Gasteiger partial charge in [-0.2, -0.15) is 9.59 Å². The number of carbonyl (C=O) groups excluding carboxylic acids is 3. The molecule has 1 heterocycles. The lowest BCUT2D eigenvalue weighted by Gasteiger charge is -2.27. The zero-order chi connectivity index (χ0) is 13.5. The molecule has 1 fully saturated rings. The van der Waals surface area contributed by atoms with Crippen LogP contribution in [0.5, 0.6) is 0 Å². The largest absolute Gasteiger partial charge is 0.444 e. The highest BCUT2D eigenvalue weighted by Gasteiger charge is 2.31. The van der Waals surface area contributed by atoms with Crippen molar-refractivity contribution >= 4 is 12.2 Å². The summed E-state index contributed by atoms with van der Waals surface area (Å²) < 4.78 is 5.23. The molecule has 17 heavy (non-hydrogen) atoms. The van der Waals surface area contributed by atoms with Crippen molar-refractivity contribution in [3.05, 3.63) is 0 Å². The lowest BCUT2D eigenvalue weighted by atomic mass is 10.2. The summed E-state index contributed by atoms with van der Waals surface area (Å²) in [5.41, 5.74) is -0.459. The van der Waals surface area contributed by atoms with E-state index in [9.17, 15) is 4.79 Å². The molecule has 1 saturated heterocycles. The molecule has 0 aromatic rings. The van der Waals surface area contributed by atoms with Crippen molar-refractivity contribution in [3.63, 3.8) is 0 Å². The zero-order valence-corrected chi connectivity index (χ0v) is 10.4. The Morgan fingerprint density at radius 2 is 2.00 bits per heavy atom. The Labute approximate surface area is 101 Å². The van der Waals surface area contributed by atoms with E-state index in [2.05, 4.69) is 0 Å². The second-order valence-corrected chi connectivity index (χ2v) is 4.74. The predicted octanol–water partition coefficient (Wildman–Crippen LogP) is 0.795. The molecule has 1 amide bonds. The monoisotopic (exact) mass is 245 g/mol. The summed E-state index contributed by atoms with van der Waals surface area (Å²) in [6.45, 7) is 6.25. The molecule has 1 aliphatic rings. The van der Waals surface area contributed by atoms with Crippen LogP contribution in [0, 0.1) is 0 Å². The third-order valence-corrected chi connectivity index (χ3v) is 2.22. The number of rotatable bonds is 1. The highest BCUT2D eigenvalue weighted by Crippen LogP contribution is 2.20. The molecule has 6 nitrogen and oxygen atoms in total. The lowest BCUT2D eigenvalue weighted by molar-refractivity contribution is -0.191. The summed E-state index contributed by atoms with van der Waals surface area (Å²) >= 11 is 0. The van der Waals surface area contributed by atoms with Gasteiger partial charge in [0, 0.05) is 6.54 Å². The van der Waals surface area contributed by atoms with E-state index in [1.54, 1.807) is 4.90 Å². The van der Waals surface area contributed by atoms with Gasteiger partial charge in [-0.1, -0.05) is 0 Å². The Morgan fingerprint density at radius 3 is 2.41 bits per heavy atom. The molecule has 1 N–H and O–H groups in total. The fourth-order valence-electron chi connectivity index (χ4n) is 1.59. The molecule has 0 aliphatic carbocycles. The van der Waals surface area contributed by atoms with Gasteiger partial charge in [0.1, 0.15) is 5.60 Å². The van der Waals surface area contributed by atoms with Gasteiger partial charge in [-0.15, -0.1) is 0 Å². The van der Waals surface area contributed by atoms with Gasteiger partial charge < -0.3 is 14.7 Å². The van der Waals surface area contributed by atoms with E-state index in [-0.39, 0.29) is 24.9 Å². The predicted molar refractivity (Wildman–Crippen MR) is 58.1 cm³/mol. The Morgan fingerprint density at radius 1 is 1.47 bits per heavy atom. The highest BCUT2D eigenvalue weighted by molar-refractivity contribution is 5.68. The van der Waals surface area contributed by atoms with Crippen LogP contribution < -0.4 is 0 Å². The van der Waals surface area contributed by atoms with Gasteiger partial charge in [0.25, 0.3) is 0 Å². The van der Waals surface area contributed by atoms with Crippen LogP contribution >= 0.6 is 0 Å². The topological polar surface area (TPSA) is 83.9 Å². The van der Waals surface area contributed by atoms with Crippen molar-refractivity contribution in [1.29, 1.82) is 0 Å². The molecule has 1 atom stereocenters.